The predicted octanol–water partition coefficient (Wildman–Crippen LogP) is 1.33. The van der Waals surface area contributed by atoms with E-state index in [4.69, 9.17) is 4.74 Å². The summed E-state index contributed by atoms with van der Waals surface area (Å²) in [5.41, 5.74) is 1.46. The minimum absolute atomic E-state index is 0.113. The third kappa shape index (κ3) is 7.71. The first-order chi connectivity index (χ1) is 24.3. The van der Waals surface area contributed by atoms with E-state index in [0.717, 1.165) is 30.8 Å². The van der Waals surface area contributed by atoms with E-state index >= 15 is 0 Å². The molecule has 2 aliphatic heterocycles. The van der Waals surface area contributed by atoms with E-state index in [9.17, 15) is 24.9 Å². The number of anilines is 1. The first-order valence-corrected chi connectivity index (χ1v) is 17.1. The Labute approximate surface area is 290 Å². The number of carbonyl (C=O) groups is 2. The molecule has 2 aromatic carbocycles. The van der Waals surface area contributed by atoms with Crippen molar-refractivity contribution in [2.75, 3.05) is 51.2 Å². The normalized spacial score (nSPS) is 21.2. The van der Waals surface area contributed by atoms with Crippen LogP contribution in [-0.4, -0.2) is 116 Å². The number of hydrogen-bond donors (Lipinski definition) is 7. The molecule has 4 aromatic rings. The molecular weight excluding hydrogens is 642 g/mol. The van der Waals surface area contributed by atoms with Gasteiger partial charge in [0.05, 0.1) is 18.5 Å². The molecular formula is C35H45N9O6. The number of carbonyl (C=O) groups excluding carboxylic acids is 2. The second kappa shape index (κ2) is 15.9. The maximum atomic E-state index is 13.5. The summed E-state index contributed by atoms with van der Waals surface area (Å²) in [5.74, 6) is -0.549. The summed E-state index contributed by atoms with van der Waals surface area (Å²) in [7, 11) is 0. The number of aliphatic hydroxyl groups excluding tert-OH is 3. The molecule has 50 heavy (non-hydrogen) atoms. The lowest BCUT2D eigenvalue weighted by atomic mass is 9.84. The van der Waals surface area contributed by atoms with Gasteiger partial charge in [0.25, 0.3) is 5.91 Å². The molecule has 15 nitrogen and oxygen atoms in total. The third-order valence-corrected chi connectivity index (χ3v) is 9.34. The summed E-state index contributed by atoms with van der Waals surface area (Å²) < 4.78 is 7.19. The number of amides is 3. The molecule has 4 atom stereocenters. The summed E-state index contributed by atoms with van der Waals surface area (Å²) in [6, 6.07) is 19.2. The second-order valence-electron chi connectivity index (χ2n) is 12.8. The van der Waals surface area contributed by atoms with Crippen molar-refractivity contribution in [3.05, 3.63) is 83.9 Å². The van der Waals surface area contributed by atoms with E-state index in [1.165, 1.54) is 30.2 Å². The maximum Gasteiger partial charge on any atom is 0.314 e. The number of rotatable bonds is 13. The van der Waals surface area contributed by atoms with Crippen LogP contribution in [0.15, 0.2) is 67.0 Å². The number of ether oxygens (including phenoxy) is 1. The number of aromatic nitrogens is 4. The molecule has 0 radical (unpaired) electrons. The van der Waals surface area contributed by atoms with Crippen molar-refractivity contribution < 1.29 is 29.6 Å². The van der Waals surface area contributed by atoms with Crippen LogP contribution in [0.2, 0.25) is 0 Å². The molecule has 7 N–H and O–H groups in total. The summed E-state index contributed by atoms with van der Waals surface area (Å²) in [5, 5.41) is 42.9. The second-order valence-corrected chi connectivity index (χ2v) is 12.8. The zero-order chi connectivity index (χ0) is 35.1. The third-order valence-electron chi connectivity index (χ3n) is 9.34. The SMILES string of the molecule is CC(Nc1nc(C(=O)NCCNC(=O)NCCN2CCCCC2)nc2c1ncn2[C@@H]1O[C@H](CO)[C@@H](O)[C@H]1O)(c1ccccc1)c1ccccc1. The van der Waals surface area contributed by atoms with Crippen molar-refractivity contribution in [3.8, 4) is 0 Å². The Kier molecular flexibility index (Phi) is 11.2. The van der Waals surface area contributed by atoms with Crippen molar-refractivity contribution in [2.45, 2.75) is 56.3 Å². The summed E-state index contributed by atoms with van der Waals surface area (Å²) >= 11 is 0. The average molecular weight is 688 g/mol. The summed E-state index contributed by atoms with van der Waals surface area (Å²) in [4.78, 5) is 41.9. The van der Waals surface area contributed by atoms with Gasteiger partial charge in [-0.3, -0.25) is 9.36 Å². The molecule has 0 unspecified atom stereocenters. The van der Waals surface area contributed by atoms with Gasteiger partial charge in [0.15, 0.2) is 23.2 Å². The highest BCUT2D eigenvalue weighted by Crippen LogP contribution is 2.36. The lowest BCUT2D eigenvalue weighted by Gasteiger charge is -2.33. The minimum atomic E-state index is -1.40. The standard InChI is InChI=1S/C35H45N9O6/c1-35(23-11-5-2-6-12-23,24-13-7-3-8-14-24)42-29-26-31(44(22-39-26)33-28(47)27(46)25(21-45)50-33)41-30(40-29)32(48)36-15-16-37-34(49)38-17-20-43-18-9-4-10-19-43/h2-3,5-8,11-14,22,25,27-28,33,45-47H,4,9-10,15-21H2,1H3,(H,36,48)(H2,37,38,49)(H,40,41,42)/t25-,27-,28-,33-/m1/s1. The molecule has 0 bridgehead atoms. The van der Waals surface area contributed by atoms with E-state index < -0.39 is 42.6 Å². The number of aliphatic hydroxyl groups is 3. The lowest BCUT2D eigenvalue weighted by molar-refractivity contribution is -0.0511. The number of imidazole rings is 1. The van der Waals surface area contributed by atoms with Crippen molar-refractivity contribution in [3.63, 3.8) is 0 Å². The van der Waals surface area contributed by atoms with Gasteiger partial charge in [-0.2, -0.15) is 0 Å². The Morgan fingerprint density at radius 1 is 0.880 bits per heavy atom. The van der Waals surface area contributed by atoms with Gasteiger partial charge in [-0.15, -0.1) is 0 Å². The van der Waals surface area contributed by atoms with Crippen LogP contribution in [0.5, 0.6) is 0 Å². The lowest BCUT2D eigenvalue weighted by Crippen LogP contribution is -2.43. The van der Waals surface area contributed by atoms with E-state index in [1.54, 1.807) is 0 Å². The molecule has 15 heteroatoms. The van der Waals surface area contributed by atoms with Crippen molar-refractivity contribution >= 4 is 28.9 Å². The quantitative estimate of drug-likeness (QED) is 0.100. The van der Waals surface area contributed by atoms with Crippen molar-refractivity contribution in [1.82, 2.24) is 40.4 Å². The van der Waals surface area contributed by atoms with Crippen LogP contribution >= 0.6 is 0 Å². The minimum Gasteiger partial charge on any atom is -0.394 e. The van der Waals surface area contributed by atoms with Gasteiger partial charge in [0.1, 0.15) is 18.3 Å². The molecule has 4 heterocycles. The van der Waals surface area contributed by atoms with E-state index in [0.29, 0.717) is 12.1 Å². The first kappa shape index (κ1) is 35.2. The largest absolute Gasteiger partial charge is 0.394 e. The van der Waals surface area contributed by atoms with Gasteiger partial charge in [-0.1, -0.05) is 67.1 Å². The van der Waals surface area contributed by atoms with E-state index in [-0.39, 0.29) is 36.4 Å². The molecule has 0 saturated carbocycles. The van der Waals surface area contributed by atoms with Crippen molar-refractivity contribution in [2.24, 2.45) is 0 Å². The van der Waals surface area contributed by atoms with Crippen LogP contribution in [0.25, 0.3) is 11.2 Å². The monoisotopic (exact) mass is 687 g/mol. The summed E-state index contributed by atoms with van der Waals surface area (Å²) in [6.07, 6.45) is 0.105. The molecule has 2 saturated heterocycles. The van der Waals surface area contributed by atoms with Crippen LogP contribution in [-0.2, 0) is 10.3 Å². The smallest absolute Gasteiger partial charge is 0.314 e. The van der Waals surface area contributed by atoms with Gasteiger partial charge in [0, 0.05) is 26.2 Å². The molecule has 266 valence electrons. The number of fused-ring (bicyclic) bond motifs is 1. The zero-order valence-electron chi connectivity index (χ0n) is 28.0. The van der Waals surface area contributed by atoms with Gasteiger partial charge < -0.3 is 46.2 Å². The van der Waals surface area contributed by atoms with Crippen LogP contribution in [0.3, 0.4) is 0 Å². The van der Waals surface area contributed by atoms with Gasteiger partial charge >= 0.3 is 6.03 Å². The fraction of sp³-hybridized carbons (Fsp3) is 0.457. The number of nitrogens with one attached hydrogen (secondary N) is 4. The Bertz CT molecular complexity index is 1700. The Balaban J connectivity index is 1.23. The fourth-order valence-electron chi connectivity index (χ4n) is 6.50. The highest BCUT2D eigenvalue weighted by atomic mass is 16.6. The number of hydrogen-bond acceptors (Lipinski definition) is 11. The maximum absolute atomic E-state index is 13.5. The molecule has 2 aliphatic rings. The highest BCUT2D eigenvalue weighted by Gasteiger charge is 2.44. The van der Waals surface area contributed by atoms with Crippen molar-refractivity contribution in [1.29, 1.82) is 0 Å². The van der Waals surface area contributed by atoms with Crippen LogP contribution in [0.1, 0.15) is 54.2 Å². The highest BCUT2D eigenvalue weighted by molar-refractivity contribution is 5.94. The van der Waals surface area contributed by atoms with E-state index in [2.05, 4.69) is 41.1 Å². The van der Waals surface area contributed by atoms with Gasteiger partial charge in [-0.05, 0) is 44.0 Å². The molecule has 2 fully saturated rings. The Morgan fingerprint density at radius 2 is 1.52 bits per heavy atom. The molecule has 3 amide bonds. The molecule has 0 aliphatic carbocycles. The first-order valence-electron chi connectivity index (χ1n) is 17.1. The van der Waals surface area contributed by atoms with Crippen LogP contribution in [0.4, 0.5) is 10.6 Å². The van der Waals surface area contributed by atoms with Crippen LogP contribution < -0.4 is 21.3 Å². The zero-order valence-corrected chi connectivity index (χ0v) is 28.0. The van der Waals surface area contributed by atoms with Gasteiger partial charge in [-0.25, -0.2) is 19.7 Å². The number of benzene rings is 2. The fourth-order valence-corrected chi connectivity index (χ4v) is 6.50. The van der Waals surface area contributed by atoms with E-state index in [1.807, 2.05) is 67.6 Å². The topological polar surface area (TPSA) is 199 Å². The number of urea groups is 1. The van der Waals surface area contributed by atoms with Crippen LogP contribution in [0, 0.1) is 0 Å². The number of nitrogens with zero attached hydrogens (tertiary/aromatic N) is 5. The predicted molar refractivity (Wildman–Crippen MR) is 185 cm³/mol. The molecule has 6 rings (SSSR count). The number of piperidine rings is 1. The Hall–Kier alpha value is -4.67. The average Bonchev–Trinajstić information content (AvgIpc) is 3.70. The molecule has 2 aromatic heterocycles. The summed E-state index contributed by atoms with van der Waals surface area (Å²) in [6.45, 7) is 5.22. The Morgan fingerprint density at radius 3 is 2.16 bits per heavy atom. The molecule has 0 spiro atoms. The number of likely N-dealkylation sites (tertiary alicyclic amines) is 1. The van der Waals surface area contributed by atoms with Gasteiger partial charge in [0.2, 0.25) is 5.82 Å².